The lowest BCUT2D eigenvalue weighted by molar-refractivity contribution is 0.574. The zero-order valence-corrected chi connectivity index (χ0v) is 11.4. The largest absolute Gasteiger partial charge is 0.357 e. The van der Waals surface area contributed by atoms with Crippen molar-refractivity contribution in [3.63, 3.8) is 0 Å². The number of nitrogens with zero attached hydrogens (tertiary/aromatic N) is 2. The predicted octanol–water partition coefficient (Wildman–Crippen LogP) is 4.19. The number of hydrogen-bond donors (Lipinski definition) is 0. The van der Waals surface area contributed by atoms with Crippen molar-refractivity contribution in [1.82, 2.24) is 4.98 Å². The second kappa shape index (κ2) is 4.77. The number of piperidine rings is 1. The van der Waals surface area contributed by atoms with Crippen molar-refractivity contribution in [2.75, 3.05) is 18.0 Å². The van der Waals surface area contributed by atoms with Gasteiger partial charge in [-0.15, -0.1) is 0 Å². The highest BCUT2D eigenvalue weighted by atomic mass is 35.5. The van der Waals surface area contributed by atoms with Crippen LogP contribution in [-0.4, -0.2) is 18.1 Å². The van der Waals surface area contributed by atoms with Crippen molar-refractivity contribution in [3.8, 4) is 0 Å². The van der Waals surface area contributed by atoms with Crippen LogP contribution in [0.2, 0.25) is 5.02 Å². The Morgan fingerprint density at radius 3 is 2.67 bits per heavy atom. The van der Waals surface area contributed by atoms with E-state index in [0.29, 0.717) is 0 Å². The van der Waals surface area contributed by atoms with Gasteiger partial charge in [-0.05, 0) is 49.9 Å². The molecule has 3 heteroatoms. The molecule has 2 nitrogen and oxygen atoms in total. The molecule has 0 aliphatic carbocycles. The van der Waals surface area contributed by atoms with Gasteiger partial charge in [0.05, 0.1) is 5.52 Å². The fourth-order valence-corrected chi connectivity index (χ4v) is 2.81. The molecule has 94 valence electrons. The number of pyridine rings is 1. The van der Waals surface area contributed by atoms with E-state index >= 15 is 0 Å². The fraction of sp³-hybridized carbons (Fsp3) is 0.400. The van der Waals surface area contributed by atoms with Crippen molar-refractivity contribution in [2.45, 2.75) is 26.2 Å². The number of anilines is 1. The molecule has 0 N–H and O–H groups in total. The number of aryl methyl sites for hydroxylation is 1. The van der Waals surface area contributed by atoms with Crippen molar-refractivity contribution >= 4 is 28.3 Å². The quantitative estimate of drug-likeness (QED) is 0.764. The van der Waals surface area contributed by atoms with E-state index in [2.05, 4.69) is 24.0 Å². The summed E-state index contributed by atoms with van der Waals surface area (Å²) in [7, 11) is 0. The second-order valence-corrected chi connectivity index (χ2v) is 5.44. The Bertz CT molecular complexity index is 574. The Balaban J connectivity index is 2.07. The Morgan fingerprint density at radius 2 is 1.89 bits per heavy atom. The summed E-state index contributed by atoms with van der Waals surface area (Å²) in [6.45, 7) is 4.39. The minimum Gasteiger partial charge on any atom is -0.357 e. The van der Waals surface area contributed by atoms with E-state index in [1.54, 1.807) is 0 Å². The third-order valence-electron chi connectivity index (χ3n) is 3.65. The van der Waals surface area contributed by atoms with E-state index in [0.717, 1.165) is 29.4 Å². The highest BCUT2D eigenvalue weighted by molar-refractivity contribution is 6.31. The first-order chi connectivity index (χ1) is 8.74. The highest BCUT2D eigenvalue weighted by Crippen LogP contribution is 2.26. The van der Waals surface area contributed by atoms with Crippen LogP contribution >= 0.6 is 11.6 Å². The van der Waals surface area contributed by atoms with Gasteiger partial charge in [0.2, 0.25) is 0 Å². The Morgan fingerprint density at radius 1 is 1.11 bits per heavy atom. The van der Waals surface area contributed by atoms with Crippen molar-refractivity contribution < 1.29 is 0 Å². The number of benzene rings is 1. The first kappa shape index (κ1) is 11.8. The summed E-state index contributed by atoms with van der Waals surface area (Å²) in [5, 5.41) is 1.95. The molecule has 18 heavy (non-hydrogen) atoms. The summed E-state index contributed by atoms with van der Waals surface area (Å²) < 4.78 is 0. The van der Waals surface area contributed by atoms with Crippen LogP contribution in [0, 0.1) is 6.92 Å². The van der Waals surface area contributed by atoms with E-state index in [4.69, 9.17) is 16.6 Å². The summed E-state index contributed by atoms with van der Waals surface area (Å²) >= 11 is 6.06. The molecule has 1 saturated heterocycles. The van der Waals surface area contributed by atoms with Gasteiger partial charge in [-0.25, -0.2) is 4.98 Å². The van der Waals surface area contributed by atoms with Crippen LogP contribution in [0.4, 0.5) is 5.82 Å². The van der Waals surface area contributed by atoms with Gasteiger partial charge < -0.3 is 4.90 Å². The normalized spacial score (nSPS) is 16.2. The zero-order chi connectivity index (χ0) is 12.5. The number of fused-ring (bicyclic) bond motifs is 1. The second-order valence-electron chi connectivity index (χ2n) is 5.01. The first-order valence-electron chi connectivity index (χ1n) is 6.56. The molecule has 0 bridgehead atoms. The molecule has 0 radical (unpaired) electrons. The third-order valence-corrected chi connectivity index (χ3v) is 3.88. The Kier molecular flexibility index (Phi) is 3.13. The average Bonchev–Trinajstić information content (AvgIpc) is 2.39. The Labute approximate surface area is 113 Å². The van der Waals surface area contributed by atoms with Crippen LogP contribution < -0.4 is 4.90 Å². The molecular weight excluding hydrogens is 244 g/mol. The molecule has 0 unspecified atom stereocenters. The molecule has 1 aromatic heterocycles. The van der Waals surface area contributed by atoms with E-state index in [-0.39, 0.29) is 0 Å². The van der Waals surface area contributed by atoms with Crippen LogP contribution in [0.25, 0.3) is 10.9 Å². The van der Waals surface area contributed by atoms with Crippen LogP contribution in [0.15, 0.2) is 24.3 Å². The lowest BCUT2D eigenvalue weighted by atomic mass is 10.1. The minimum atomic E-state index is 0.755. The molecule has 1 fully saturated rings. The first-order valence-corrected chi connectivity index (χ1v) is 6.94. The monoisotopic (exact) mass is 260 g/mol. The average molecular weight is 261 g/mol. The fourth-order valence-electron chi connectivity index (χ4n) is 2.64. The molecule has 1 aromatic carbocycles. The minimum absolute atomic E-state index is 0.755. The molecule has 0 spiro atoms. The molecular formula is C15H17ClN2. The summed E-state index contributed by atoms with van der Waals surface area (Å²) in [6, 6.07) is 8.14. The number of rotatable bonds is 1. The van der Waals surface area contributed by atoms with Gasteiger partial charge in [-0.1, -0.05) is 17.7 Å². The molecule has 1 aliphatic rings. The summed E-state index contributed by atoms with van der Waals surface area (Å²) in [4.78, 5) is 7.15. The molecule has 0 amide bonds. The van der Waals surface area contributed by atoms with Crippen LogP contribution in [-0.2, 0) is 0 Å². The summed E-state index contributed by atoms with van der Waals surface area (Å²) in [6.07, 6.45) is 3.89. The van der Waals surface area contributed by atoms with Crippen molar-refractivity contribution in [3.05, 3.63) is 34.9 Å². The van der Waals surface area contributed by atoms with Gasteiger partial charge in [-0.3, -0.25) is 0 Å². The smallest absolute Gasteiger partial charge is 0.129 e. The lowest BCUT2D eigenvalue weighted by Crippen LogP contribution is -2.30. The molecule has 0 atom stereocenters. The van der Waals surface area contributed by atoms with Crippen LogP contribution in [0.3, 0.4) is 0 Å². The lowest BCUT2D eigenvalue weighted by Gasteiger charge is -2.28. The van der Waals surface area contributed by atoms with Gasteiger partial charge in [0.15, 0.2) is 0 Å². The van der Waals surface area contributed by atoms with Crippen LogP contribution in [0.5, 0.6) is 0 Å². The SMILES string of the molecule is Cc1cc(N2CCCCC2)nc2cc(Cl)ccc12. The molecule has 2 aromatic rings. The van der Waals surface area contributed by atoms with E-state index in [1.165, 1.54) is 30.2 Å². The third kappa shape index (κ3) is 2.17. The summed E-state index contributed by atoms with van der Waals surface area (Å²) in [5.74, 6) is 1.10. The van der Waals surface area contributed by atoms with Gasteiger partial charge >= 0.3 is 0 Å². The van der Waals surface area contributed by atoms with Gasteiger partial charge in [0.1, 0.15) is 5.82 Å². The number of halogens is 1. The molecule has 0 saturated carbocycles. The summed E-state index contributed by atoms with van der Waals surface area (Å²) in [5.41, 5.74) is 2.28. The molecule has 2 heterocycles. The molecule has 1 aliphatic heterocycles. The maximum absolute atomic E-state index is 6.06. The van der Waals surface area contributed by atoms with Gasteiger partial charge in [-0.2, -0.15) is 0 Å². The van der Waals surface area contributed by atoms with Gasteiger partial charge in [0.25, 0.3) is 0 Å². The zero-order valence-electron chi connectivity index (χ0n) is 10.6. The highest BCUT2D eigenvalue weighted by Gasteiger charge is 2.13. The van der Waals surface area contributed by atoms with Crippen molar-refractivity contribution in [1.29, 1.82) is 0 Å². The predicted molar refractivity (Wildman–Crippen MR) is 77.6 cm³/mol. The maximum Gasteiger partial charge on any atom is 0.129 e. The number of hydrogen-bond acceptors (Lipinski definition) is 2. The van der Waals surface area contributed by atoms with Gasteiger partial charge in [0, 0.05) is 23.5 Å². The van der Waals surface area contributed by atoms with Crippen LogP contribution in [0.1, 0.15) is 24.8 Å². The maximum atomic E-state index is 6.06. The van der Waals surface area contributed by atoms with Crippen molar-refractivity contribution in [2.24, 2.45) is 0 Å². The topological polar surface area (TPSA) is 16.1 Å². The standard InChI is InChI=1S/C15H17ClN2/c1-11-9-15(18-7-3-2-4-8-18)17-14-10-12(16)5-6-13(11)14/h5-6,9-10H,2-4,7-8H2,1H3. The Hall–Kier alpha value is -1.28. The number of aromatic nitrogens is 1. The van der Waals surface area contributed by atoms with E-state index in [1.807, 2.05) is 12.1 Å². The molecule has 3 rings (SSSR count). The van der Waals surface area contributed by atoms with E-state index < -0.39 is 0 Å². The van der Waals surface area contributed by atoms with E-state index in [9.17, 15) is 0 Å².